The lowest BCUT2D eigenvalue weighted by Gasteiger charge is -2.51. The predicted octanol–water partition coefficient (Wildman–Crippen LogP) is 3.34. The molecule has 0 saturated carbocycles. The number of carboxylic acid groups (broad SMARTS) is 1. The Kier molecular flexibility index (Phi) is 10.3. The second kappa shape index (κ2) is 13.8. The van der Waals surface area contributed by atoms with Gasteiger partial charge in [-0.2, -0.15) is 13.2 Å². The molecule has 0 spiro atoms. The first kappa shape index (κ1) is 33.0. The van der Waals surface area contributed by atoms with E-state index in [4.69, 9.17) is 26.2 Å². The molecular weight excluding hydrogens is 601 g/mol. The predicted molar refractivity (Wildman–Crippen MR) is 153 cm³/mol. The highest BCUT2D eigenvalue weighted by Gasteiger charge is 2.51. The fourth-order valence-corrected chi connectivity index (χ4v) is 5.98. The van der Waals surface area contributed by atoms with Crippen molar-refractivity contribution in [3.05, 3.63) is 107 Å². The van der Waals surface area contributed by atoms with Crippen molar-refractivity contribution in [3.8, 4) is 0 Å². The van der Waals surface area contributed by atoms with Crippen LogP contribution in [-0.4, -0.2) is 65.9 Å². The van der Waals surface area contributed by atoms with Crippen LogP contribution < -0.4 is 10.4 Å². The zero-order valence-corrected chi connectivity index (χ0v) is 24.4. The van der Waals surface area contributed by atoms with Gasteiger partial charge in [0.05, 0.1) is 13.1 Å². The fourth-order valence-electron chi connectivity index (χ4n) is 5.77. The van der Waals surface area contributed by atoms with Crippen LogP contribution in [0.4, 0.5) is 13.2 Å². The molecule has 12 heteroatoms. The van der Waals surface area contributed by atoms with Crippen LogP contribution in [0.3, 0.4) is 0 Å². The smallest absolute Gasteiger partial charge is 0.430 e. The van der Waals surface area contributed by atoms with Crippen molar-refractivity contribution in [2.45, 2.75) is 37.3 Å². The van der Waals surface area contributed by atoms with Crippen molar-refractivity contribution >= 4 is 29.4 Å². The molecule has 8 nitrogen and oxygen atoms in total. The maximum Gasteiger partial charge on any atom is 0.430 e. The van der Waals surface area contributed by atoms with E-state index in [0.717, 1.165) is 31.5 Å². The van der Waals surface area contributed by atoms with Gasteiger partial charge in [0.2, 0.25) is 5.60 Å². The number of fused-ring (bicyclic) bond motifs is 3. The molecule has 3 aliphatic rings. The van der Waals surface area contributed by atoms with E-state index in [0.29, 0.717) is 40.3 Å². The van der Waals surface area contributed by atoms with Gasteiger partial charge in [-0.15, -0.1) is 0 Å². The summed E-state index contributed by atoms with van der Waals surface area (Å²) >= 11 is 6.06. The lowest BCUT2D eigenvalue weighted by molar-refractivity contribution is -0.939. The Balaban J connectivity index is 0.000000566. The largest absolute Gasteiger partial charge is 0.542 e. The summed E-state index contributed by atoms with van der Waals surface area (Å²) in [7, 11) is 0. The number of aliphatic carboxylic acids is 1. The molecule has 44 heavy (non-hydrogen) atoms. The van der Waals surface area contributed by atoms with Gasteiger partial charge in [0.25, 0.3) is 5.91 Å². The number of carbonyl (C=O) groups is 3. The van der Waals surface area contributed by atoms with Crippen LogP contribution in [0.2, 0.25) is 5.02 Å². The molecular formula is C32H32ClF3N2O6. The van der Waals surface area contributed by atoms with Crippen molar-refractivity contribution in [1.82, 2.24) is 5.32 Å². The number of hydrogen-bond acceptors (Lipinski definition) is 6. The first-order chi connectivity index (χ1) is 20.8. The number of amides is 1. The third-order valence-corrected chi connectivity index (χ3v) is 8.30. The number of nitrogens with one attached hydrogen (secondary N) is 1. The second-order valence-electron chi connectivity index (χ2n) is 11.0. The standard InChI is InChI=1S/C30H31ClN2O4.C2HF3O2/c31-26-13-7-8-22(18-26)19-32-28(34)21-33-16-14-23(15-17-33)27(20-33)37-29(35)30(36,24-9-3-1-4-10-24)25-11-5-2-6-12-25;3-2(4,5)1(6)7/h1-13,18,23,27,36H,14-17,19-21H2;(H,6,7)/t23?,27-,33?;/m0./s1. The Morgan fingerprint density at radius 1 is 0.932 bits per heavy atom. The maximum absolute atomic E-state index is 13.7. The molecule has 0 aliphatic carbocycles. The molecule has 2 bridgehead atoms. The molecule has 0 aromatic heterocycles. The molecule has 3 aliphatic heterocycles. The third-order valence-electron chi connectivity index (χ3n) is 8.07. The number of piperidine rings is 3. The zero-order chi connectivity index (χ0) is 32.0. The number of hydrogen-bond donors (Lipinski definition) is 2. The summed E-state index contributed by atoms with van der Waals surface area (Å²) in [6, 6.07) is 25.3. The topological polar surface area (TPSA) is 116 Å². The minimum atomic E-state index is -5.19. The minimum Gasteiger partial charge on any atom is -0.542 e. The quantitative estimate of drug-likeness (QED) is 0.291. The van der Waals surface area contributed by atoms with Crippen LogP contribution in [0, 0.1) is 5.92 Å². The second-order valence-corrected chi connectivity index (χ2v) is 11.5. The van der Waals surface area contributed by atoms with Gasteiger partial charge >= 0.3 is 12.1 Å². The number of carbonyl (C=O) groups excluding carboxylic acids is 3. The lowest BCUT2D eigenvalue weighted by Crippen LogP contribution is -2.66. The molecule has 1 amide bonds. The van der Waals surface area contributed by atoms with Gasteiger partial charge in [0.1, 0.15) is 12.5 Å². The molecule has 3 aromatic carbocycles. The number of alkyl halides is 3. The van der Waals surface area contributed by atoms with E-state index in [2.05, 4.69) is 5.32 Å². The highest BCUT2D eigenvalue weighted by molar-refractivity contribution is 6.30. The van der Waals surface area contributed by atoms with Gasteiger partial charge in [0, 0.05) is 30.3 Å². The summed E-state index contributed by atoms with van der Waals surface area (Å²) in [5, 5.41) is 24.2. The van der Waals surface area contributed by atoms with Crippen molar-refractivity contribution in [1.29, 1.82) is 0 Å². The van der Waals surface area contributed by atoms with Gasteiger partial charge < -0.3 is 29.5 Å². The van der Waals surface area contributed by atoms with E-state index in [-0.39, 0.29) is 17.9 Å². The van der Waals surface area contributed by atoms with E-state index in [1.807, 2.05) is 30.3 Å². The van der Waals surface area contributed by atoms with Crippen molar-refractivity contribution in [2.24, 2.45) is 5.92 Å². The average Bonchev–Trinajstić information content (AvgIpc) is 3.01. The normalized spacial score (nSPS) is 21.0. The number of halogens is 4. The number of aliphatic hydroxyl groups is 1. The molecule has 3 fully saturated rings. The van der Waals surface area contributed by atoms with Crippen LogP contribution in [-0.2, 0) is 31.3 Å². The molecule has 3 heterocycles. The van der Waals surface area contributed by atoms with Crippen LogP contribution in [0.25, 0.3) is 0 Å². The summed E-state index contributed by atoms with van der Waals surface area (Å²) in [5.41, 5.74) is -0.0205. The highest BCUT2D eigenvalue weighted by atomic mass is 35.5. The number of rotatable bonds is 8. The number of nitrogens with zero attached hydrogens (tertiary/aromatic N) is 1. The Morgan fingerprint density at radius 2 is 1.48 bits per heavy atom. The van der Waals surface area contributed by atoms with Crippen LogP contribution >= 0.6 is 11.6 Å². The monoisotopic (exact) mass is 632 g/mol. The fraction of sp³-hybridized carbons (Fsp3) is 0.344. The molecule has 3 saturated heterocycles. The number of quaternary nitrogens is 1. The Morgan fingerprint density at radius 3 is 1.98 bits per heavy atom. The van der Waals surface area contributed by atoms with Crippen LogP contribution in [0.15, 0.2) is 84.9 Å². The molecule has 3 aromatic rings. The molecule has 234 valence electrons. The molecule has 0 unspecified atom stereocenters. The van der Waals surface area contributed by atoms with Gasteiger partial charge in [-0.05, 0) is 28.8 Å². The number of carboxylic acids is 1. The van der Waals surface area contributed by atoms with Crippen molar-refractivity contribution in [2.75, 3.05) is 26.2 Å². The Hall–Kier alpha value is -3.93. The summed E-state index contributed by atoms with van der Waals surface area (Å²) in [6.45, 7) is 3.08. The lowest BCUT2D eigenvalue weighted by atomic mass is 9.82. The maximum atomic E-state index is 13.7. The van der Waals surface area contributed by atoms with E-state index in [1.54, 1.807) is 54.6 Å². The molecule has 1 atom stereocenters. The summed E-state index contributed by atoms with van der Waals surface area (Å²) in [6.07, 6.45) is -3.78. The van der Waals surface area contributed by atoms with Crippen molar-refractivity contribution < 1.29 is 47.0 Å². The van der Waals surface area contributed by atoms with E-state index in [1.165, 1.54) is 0 Å². The highest BCUT2D eigenvalue weighted by Crippen LogP contribution is 2.38. The van der Waals surface area contributed by atoms with Crippen molar-refractivity contribution in [3.63, 3.8) is 0 Å². The minimum absolute atomic E-state index is 0.0320. The SMILES string of the molecule is O=C(C[N+]12CCC(CC1)[C@@H](OC(=O)C(O)(c1ccccc1)c1ccccc1)C2)NCc1cccc(Cl)c1.O=C([O-])C(F)(F)F. The molecule has 6 rings (SSSR count). The van der Waals surface area contributed by atoms with Crippen LogP contribution in [0.1, 0.15) is 29.5 Å². The number of esters is 1. The first-order valence-corrected chi connectivity index (χ1v) is 14.4. The van der Waals surface area contributed by atoms with E-state index < -0.39 is 23.7 Å². The molecule has 0 radical (unpaired) electrons. The van der Waals surface area contributed by atoms with Crippen LogP contribution in [0.5, 0.6) is 0 Å². The Bertz CT molecular complexity index is 1410. The number of ether oxygens (including phenoxy) is 1. The summed E-state index contributed by atoms with van der Waals surface area (Å²) in [4.78, 5) is 35.3. The first-order valence-electron chi connectivity index (χ1n) is 14.0. The molecule has 2 N–H and O–H groups in total. The van der Waals surface area contributed by atoms with Gasteiger partial charge in [0.15, 0.2) is 12.6 Å². The zero-order valence-electron chi connectivity index (χ0n) is 23.6. The van der Waals surface area contributed by atoms with Gasteiger partial charge in [-0.25, -0.2) is 4.79 Å². The summed E-state index contributed by atoms with van der Waals surface area (Å²) < 4.78 is 38.2. The third kappa shape index (κ3) is 7.96. The number of benzene rings is 3. The van der Waals surface area contributed by atoms with E-state index in [9.17, 15) is 27.9 Å². The van der Waals surface area contributed by atoms with E-state index >= 15 is 0 Å². The Labute approximate surface area is 257 Å². The summed E-state index contributed by atoms with van der Waals surface area (Å²) in [5.74, 6) is -3.48. The van der Waals surface area contributed by atoms with Gasteiger partial charge in [-0.1, -0.05) is 84.4 Å². The van der Waals surface area contributed by atoms with Gasteiger partial charge in [-0.3, -0.25) is 4.79 Å². The average molecular weight is 633 g/mol.